The van der Waals surface area contributed by atoms with Crippen LogP contribution in [0.4, 0.5) is 4.79 Å². The number of benzene rings is 1. The summed E-state index contributed by atoms with van der Waals surface area (Å²) < 4.78 is 11.4. The number of hydrogen-bond donors (Lipinski definition) is 0. The van der Waals surface area contributed by atoms with Crippen molar-refractivity contribution in [2.45, 2.75) is 79.2 Å². The molecule has 0 saturated carbocycles. The highest BCUT2D eigenvalue weighted by atomic mass is 16.6. The van der Waals surface area contributed by atoms with Crippen LogP contribution >= 0.6 is 0 Å². The van der Waals surface area contributed by atoms with Gasteiger partial charge in [-0.05, 0) is 81.9 Å². The van der Waals surface area contributed by atoms with E-state index in [4.69, 9.17) is 9.47 Å². The van der Waals surface area contributed by atoms with Gasteiger partial charge in [-0.1, -0.05) is 32.9 Å². The van der Waals surface area contributed by atoms with Gasteiger partial charge in [0.15, 0.2) is 0 Å². The van der Waals surface area contributed by atoms with Gasteiger partial charge in [-0.2, -0.15) is 0 Å². The van der Waals surface area contributed by atoms with Crippen LogP contribution in [0, 0.1) is 11.3 Å². The molecule has 1 aromatic rings. The Kier molecular flexibility index (Phi) is 7.79. The normalized spacial score (nSPS) is 16.1. The number of carbonyl (C=O) groups excluding carboxylic acids is 1. The minimum Gasteiger partial charge on any atom is -0.494 e. The van der Waals surface area contributed by atoms with Crippen LogP contribution in [0.3, 0.4) is 0 Å². The molecule has 1 aromatic carbocycles. The van der Waals surface area contributed by atoms with Crippen molar-refractivity contribution in [2.24, 2.45) is 11.3 Å². The molecule has 1 aliphatic rings. The van der Waals surface area contributed by atoms with Crippen molar-refractivity contribution in [3.8, 4) is 5.75 Å². The van der Waals surface area contributed by atoms with E-state index >= 15 is 0 Å². The molecule has 0 N–H and O–H groups in total. The highest BCUT2D eigenvalue weighted by Gasteiger charge is 2.26. The summed E-state index contributed by atoms with van der Waals surface area (Å²) in [5.41, 5.74) is 1.20. The second kappa shape index (κ2) is 9.67. The number of piperidine rings is 1. The van der Waals surface area contributed by atoms with E-state index in [1.165, 1.54) is 5.56 Å². The Morgan fingerprint density at radius 3 is 2.39 bits per heavy atom. The maximum Gasteiger partial charge on any atom is 0.410 e. The van der Waals surface area contributed by atoms with Crippen molar-refractivity contribution in [3.05, 3.63) is 29.8 Å². The minimum absolute atomic E-state index is 0.176. The van der Waals surface area contributed by atoms with Crippen LogP contribution in [-0.2, 0) is 11.2 Å². The van der Waals surface area contributed by atoms with E-state index in [1.807, 2.05) is 31.7 Å². The predicted octanol–water partition coefficient (Wildman–Crippen LogP) is 6.08. The highest BCUT2D eigenvalue weighted by Crippen LogP contribution is 2.25. The van der Waals surface area contributed by atoms with E-state index < -0.39 is 5.60 Å². The van der Waals surface area contributed by atoms with E-state index in [1.54, 1.807) is 0 Å². The maximum absolute atomic E-state index is 12.1. The van der Waals surface area contributed by atoms with E-state index in [2.05, 4.69) is 39.0 Å². The lowest BCUT2D eigenvalue weighted by atomic mass is 9.88. The number of carbonyl (C=O) groups is 1. The van der Waals surface area contributed by atoms with E-state index in [-0.39, 0.29) is 11.5 Å². The van der Waals surface area contributed by atoms with Gasteiger partial charge in [0.05, 0.1) is 6.61 Å². The Bertz CT molecular complexity index is 619. The van der Waals surface area contributed by atoms with Crippen molar-refractivity contribution in [2.75, 3.05) is 19.7 Å². The lowest BCUT2D eigenvalue weighted by molar-refractivity contribution is 0.0179. The summed E-state index contributed by atoms with van der Waals surface area (Å²) in [7, 11) is 0. The van der Waals surface area contributed by atoms with Crippen molar-refractivity contribution < 1.29 is 14.3 Å². The predicted molar refractivity (Wildman–Crippen MR) is 115 cm³/mol. The molecular weight excluding hydrogens is 350 g/mol. The Morgan fingerprint density at radius 1 is 1.11 bits per heavy atom. The molecule has 0 atom stereocenters. The zero-order valence-corrected chi connectivity index (χ0v) is 18.7. The van der Waals surface area contributed by atoms with Crippen molar-refractivity contribution >= 4 is 6.09 Å². The second-order valence-corrected chi connectivity index (χ2v) is 10.3. The molecule has 0 unspecified atom stereocenters. The van der Waals surface area contributed by atoms with Crippen LogP contribution in [0.5, 0.6) is 5.75 Å². The molecule has 0 spiro atoms. The third-order valence-corrected chi connectivity index (χ3v) is 4.92. The molecule has 1 fully saturated rings. The molecule has 0 radical (unpaired) electrons. The van der Waals surface area contributed by atoms with Gasteiger partial charge in [0.1, 0.15) is 11.4 Å². The average molecular weight is 390 g/mol. The Morgan fingerprint density at radius 2 is 1.79 bits per heavy atom. The molecular formula is C24H39NO3. The summed E-state index contributed by atoms with van der Waals surface area (Å²) in [4.78, 5) is 14.0. The number of ether oxygens (including phenoxy) is 2. The molecule has 1 amide bonds. The molecule has 4 heteroatoms. The molecule has 0 bridgehead atoms. The fourth-order valence-electron chi connectivity index (χ4n) is 3.65. The second-order valence-electron chi connectivity index (χ2n) is 10.3. The molecule has 1 heterocycles. The fraction of sp³-hybridized carbons (Fsp3) is 0.708. The van der Waals surface area contributed by atoms with Gasteiger partial charge in [0.25, 0.3) is 0 Å². The molecule has 1 saturated heterocycles. The van der Waals surface area contributed by atoms with Crippen molar-refractivity contribution in [1.82, 2.24) is 4.90 Å². The van der Waals surface area contributed by atoms with Gasteiger partial charge in [-0.3, -0.25) is 0 Å². The first-order chi connectivity index (χ1) is 13.0. The Hall–Kier alpha value is -1.71. The number of nitrogens with zero attached hydrogens (tertiary/aromatic N) is 1. The third-order valence-electron chi connectivity index (χ3n) is 4.92. The number of likely N-dealkylation sites (tertiary alicyclic amines) is 1. The van der Waals surface area contributed by atoms with Gasteiger partial charge >= 0.3 is 6.09 Å². The molecule has 0 aromatic heterocycles. The minimum atomic E-state index is -0.421. The standard InChI is InChI=1S/C24H39NO3/c1-23(2,3)18-20-9-7-11-21(17-20)27-16-8-10-19-12-14-25(15-13-19)22(26)28-24(4,5)6/h7,9,11,17,19H,8,10,12-16,18H2,1-6H3. The summed E-state index contributed by atoms with van der Waals surface area (Å²) >= 11 is 0. The first-order valence-electron chi connectivity index (χ1n) is 10.7. The molecule has 2 rings (SSSR count). The molecule has 0 aliphatic carbocycles. The fourth-order valence-corrected chi connectivity index (χ4v) is 3.65. The zero-order chi connectivity index (χ0) is 20.8. The van der Waals surface area contributed by atoms with Crippen LogP contribution in [-0.4, -0.2) is 36.3 Å². The summed E-state index contributed by atoms with van der Waals surface area (Å²) in [6.45, 7) is 14.9. The molecule has 4 nitrogen and oxygen atoms in total. The van der Waals surface area contributed by atoms with Gasteiger partial charge in [-0.15, -0.1) is 0 Å². The Balaban J connectivity index is 1.66. The lowest BCUT2D eigenvalue weighted by Crippen LogP contribution is -2.41. The first kappa shape index (κ1) is 22.6. The number of hydrogen-bond acceptors (Lipinski definition) is 3. The number of rotatable bonds is 6. The van der Waals surface area contributed by atoms with Gasteiger partial charge in [0, 0.05) is 13.1 Å². The topological polar surface area (TPSA) is 38.8 Å². The SMILES string of the molecule is CC(C)(C)Cc1cccc(OCCCC2CCN(C(=O)OC(C)(C)C)CC2)c1. The Labute approximate surface area is 171 Å². The van der Waals surface area contributed by atoms with E-state index in [0.29, 0.717) is 5.92 Å². The van der Waals surface area contributed by atoms with E-state index in [0.717, 1.165) is 57.6 Å². The van der Waals surface area contributed by atoms with Gasteiger partial charge < -0.3 is 14.4 Å². The molecule has 158 valence electrons. The smallest absolute Gasteiger partial charge is 0.410 e. The zero-order valence-electron chi connectivity index (χ0n) is 18.7. The van der Waals surface area contributed by atoms with Crippen LogP contribution in [0.25, 0.3) is 0 Å². The summed E-state index contributed by atoms with van der Waals surface area (Å²) in [6.07, 6.45) is 5.20. The van der Waals surface area contributed by atoms with Crippen LogP contribution < -0.4 is 4.74 Å². The van der Waals surface area contributed by atoms with Gasteiger partial charge in [-0.25, -0.2) is 4.79 Å². The summed E-state index contributed by atoms with van der Waals surface area (Å²) in [5, 5.41) is 0. The van der Waals surface area contributed by atoms with Crippen LogP contribution in [0.2, 0.25) is 0 Å². The van der Waals surface area contributed by atoms with E-state index in [9.17, 15) is 4.79 Å². The van der Waals surface area contributed by atoms with Crippen LogP contribution in [0.15, 0.2) is 24.3 Å². The maximum atomic E-state index is 12.1. The summed E-state index contributed by atoms with van der Waals surface area (Å²) in [6, 6.07) is 8.48. The monoisotopic (exact) mass is 389 g/mol. The van der Waals surface area contributed by atoms with Crippen molar-refractivity contribution in [1.29, 1.82) is 0 Å². The summed E-state index contributed by atoms with van der Waals surface area (Å²) in [5.74, 6) is 1.65. The number of amides is 1. The molecule has 1 aliphatic heterocycles. The quantitative estimate of drug-likeness (QED) is 0.553. The average Bonchev–Trinajstić information content (AvgIpc) is 2.56. The van der Waals surface area contributed by atoms with Gasteiger partial charge in [0.2, 0.25) is 0 Å². The molecule has 28 heavy (non-hydrogen) atoms. The first-order valence-corrected chi connectivity index (χ1v) is 10.7. The van der Waals surface area contributed by atoms with Crippen LogP contribution in [0.1, 0.15) is 72.8 Å². The lowest BCUT2D eigenvalue weighted by Gasteiger charge is -2.33. The third kappa shape index (κ3) is 8.53. The van der Waals surface area contributed by atoms with Crippen molar-refractivity contribution in [3.63, 3.8) is 0 Å². The largest absolute Gasteiger partial charge is 0.494 e. The highest BCUT2D eigenvalue weighted by molar-refractivity contribution is 5.68.